The highest BCUT2D eigenvalue weighted by atomic mass is 35.5. The summed E-state index contributed by atoms with van der Waals surface area (Å²) < 4.78 is 0. The molecule has 0 atom stereocenters. The smallest absolute Gasteiger partial charge is 0.323 e. The zero-order valence-electron chi connectivity index (χ0n) is 10.8. The second kappa shape index (κ2) is 6.46. The number of hydrogen-bond donors (Lipinski definition) is 1. The Morgan fingerprint density at radius 1 is 1.30 bits per heavy atom. The van der Waals surface area contributed by atoms with E-state index in [-0.39, 0.29) is 18.9 Å². The quantitative estimate of drug-likeness (QED) is 0.878. The standard InChI is InChI=1S/C14H15Cl2NO3/c15-11-4-3-10(12(16)6-11)5-13(18)17(8-14(19)20)7-9-1-2-9/h3-4,6,9H,1-2,5,7-8H2,(H,19,20). The van der Waals surface area contributed by atoms with E-state index in [0.29, 0.717) is 28.1 Å². The lowest BCUT2D eigenvalue weighted by molar-refractivity contribution is -0.144. The van der Waals surface area contributed by atoms with Crippen LogP contribution in [0.2, 0.25) is 10.0 Å². The van der Waals surface area contributed by atoms with E-state index in [2.05, 4.69) is 0 Å². The number of carboxylic acid groups (broad SMARTS) is 1. The van der Waals surface area contributed by atoms with Crippen molar-refractivity contribution in [1.29, 1.82) is 0 Å². The van der Waals surface area contributed by atoms with Crippen molar-refractivity contribution in [2.45, 2.75) is 19.3 Å². The molecule has 1 saturated carbocycles. The molecule has 1 aromatic carbocycles. The molecule has 4 nitrogen and oxygen atoms in total. The SMILES string of the molecule is O=C(O)CN(CC1CC1)C(=O)Cc1ccc(Cl)cc1Cl. The number of carboxylic acids is 1. The van der Waals surface area contributed by atoms with Gasteiger partial charge in [0.05, 0.1) is 6.42 Å². The Balaban J connectivity index is 2.04. The van der Waals surface area contributed by atoms with E-state index < -0.39 is 5.97 Å². The van der Waals surface area contributed by atoms with E-state index in [0.717, 1.165) is 12.8 Å². The maximum absolute atomic E-state index is 12.2. The lowest BCUT2D eigenvalue weighted by Crippen LogP contribution is -2.38. The van der Waals surface area contributed by atoms with Gasteiger partial charge in [0.25, 0.3) is 0 Å². The van der Waals surface area contributed by atoms with Crippen molar-refractivity contribution in [2.75, 3.05) is 13.1 Å². The summed E-state index contributed by atoms with van der Waals surface area (Å²) in [6.45, 7) is 0.247. The van der Waals surface area contributed by atoms with Gasteiger partial charge in [0.1, 0.15) is 6.54 Å². The van der Waals surface area contributed by atoms with Crippen LogP contribution in [0.4, 0.5) is 0 Å². The van der Waals surface area contributed by atoms with Gasteiger partial charge >= 0.3 is 5.97 Å². The van der Waals surface area contributed by atoms with Gasteiger partial charge in [-0.2, -0.15) is 0 Å². The number of aliphatic carboxylic acids is 1. The average Bonchev–Trinajstić information content (AvgIpc) is 3.15. The van der Waals surface area contributed by atoms with Crippen LogP contribution in [0.25, 0.3) is 0 Å². The zero-order chi connectivity index (χ0) is 14.7. The van der Waals surface area contributed by atoms with Gasteiger partial charge in [-0.15, -0.1) is 0 Å². The highest BCUT2D eigenvalue weighted by Gasteiger charge is 2.28. The van der Waals surface area contributed by atoms with Gasteiger partial charge in [-0.3, -0.25) is 9.59 Å². The molecule has 0 aliphatic heterocycles. The topological polar surface area (TPSA) is 57.6 Å². The largest absolute Gasteiger partial charge is 0.480 e. The van der Waals surface area contributed by atoms with Gasteiger partial charge in [0.15, 0.2) is 0 Å². The second-order valence-electron chi connectivity index (χ2n) is 5.02. The predicted octanol–water partition coefficient (Wildman–Crippen LogP) is 2.86. The van der Waals surface area contributed by atoms with E-state index in [1.54, 1.807) is 18.2 Å². The van der Waals surface area contributed by atoms with Crippen LogP contribution in [0.3, 0.4) is 0 Å². The fourth-order valence-corrected chi connectivity index (χ4v) is 2.44. The van der Waals surface area contributed by atoms with Crippen molar-refractivity contribution in [1.82, 2.24) is 4.90 Å². The molecule has 1 amide bonds. The molecule has 0 spiro atoms. The first-order valence-electron chi connectivity index (χ1n) is 6.39. The van der Waals surface area contributed by atoms with Gasteiger partial charge in [0.2, 0.25) is 5.91 Å². The molecule has 1 aliphatic carbocycles. The number of rotatable bonds is 6. The van der Waals surface area contributed by atoms with Crippen LogP contribution in [0.1, 0.15) is 18.4 Å². The molecule has 108 valence electrons. The monoisotopic (exact) mass is 315 g/mol. The van der Waals surface area contributed by atoms with Crippen LogP contribution in [0.15, 0.2) is 18.2 Å². The summed E-state index contributed by atoms with van der Waals surface area (Å²) in [7, 11) is 0. The minimum absolute atomic E-state index is 0.0933. The summed E-state index contributed by atoms with van der Waals surface area (Å²) in [5.74, 6) is -0.774. The molecule has 0 radical (unpaired) electrons. The Bertz CT molecular complexity index is 529. The molecule has 2 rings (SSSR count). The average molecular weight is 316 g/mol. The fraction of sp³-hybridized carbons (Fsp3) is 0.429. The molecule has 20 heavy (non-hydrogen) atoms. The minimum Gasteiger partial charge on any atom is -0.480 e. The van der Waals surface area contributed by atoms with Crippen LogP contribution >= 0.6 is 23.2 Å². The zero-order valence-corrected chi connectivity index (χ0v) is 12.3. The Hall–Kier alpha value is -1.26. The number of hydrogen-bond acceptors (Lipinski definition) is 2. The summed E-state index contributed by atoms with van der Waals surface area (Å²) >= 11 is 11.8. The molecule has 1 fully saturated rings. The molecular formula is C14H15Cl2NO3. The molecule has 0 heterocycles. The highest BCUT2D eigenvalue weighted by Crippen LogP contribution is 2.30. The van der Waals surface area contributed by atoms with Crippen molar-refractivity contribution >= 4 is 35.1 Å². The summed E-state index contributed by atoms with van der Waals surface area (Å²) in [6.07, 6.45) is 2.21. The molecule has 0 aromatic heterocycles. The van der Waals surface area contributed by atoms with Crippen LogP contribution in [0, 0.1) is 5.92 Å². The number of amides is 1. The first-order chi connectivity index (χ1) is 9.45. The van der Waals surface area contributed by atoms with Crippen molar-refractivity contribution < 1.29 is 14.7 Å². The predicted molar refractivity (Wildman–Crippen MR) is 77.1 cm³/mol. The van der Waals surface area contributed by atoms with Crippen LogP contribution in [-0.4, -0.2) is 35.0 Å². The Kier molecular flexibility index (Phi) is 4.89. The van der Waals surface area contributed by atoms with E-state index in [1.807, 2.05) is 0 Å². The third-order valence-electron chi connectivity index (χ3n) is 3.21. The molecule has 0 saturated heterocycles. The van der Waals surface area contributed by atoms with Crippen molar-refractivity contribution in [3.8, 4) is 0 Å². The summed E-state index contributed by atoms with van der Waals surface area (Å²) in [5, 5.41) is 9.82. The van der Waals surface area contributed by atoms with Crippen LogP contribution in [-0.2, 0) is 16.0 Å². The normalized spacial score (nSPS) is 14.1. The lowest BCUT2D eigenvalue weighted by atomic mass is 10.1. The van der Waals surface area contributed by atoms with E-state index in [9.17, 15) is 9.59 Å². The minimum atomic E-state index is -0.999. The molecule has 1 aromatic rings. The van der Waals surface area contributed by atoms with Crippen LogP contribution < -0.4 is 0 Å². The van der Waals surface area contributed by atoms with Crippen LogP contribution in [0.5, 0.6) is 0 Å². The Morgan fingerprint density at radius 2 is 2.00 bits per heavy atom. The van der Waals surface area contributed by atoms with Gasteiger partial charge in [-0.25, -0.2) is 0 Å². The first kappa shape index (κ1) is 15.1. The molecule has 1 aliphatic rings. The fourth-order valence-electron chi connectivity index (χ4n) is 1.97. The van der Waals surface area contributed by atoms with E-state index in [4.69, 9.17) is 28.3 Å². The number of carbonyl (C=O) groups is 2. The number of benzene rings is 1. The van der Waals surface area contributed by atoms with Gasteiger partial charge in [-0.05, 0) is 36.5 Å². The second-order valence-corrected chi connectivity index (χ2v) is 5.87. The Labute approximate surface area is 127 Å². The van der Waals surface area contributed by atoms with Crippen molar-refractivity contribution in [3.05, 3.63) is 33.8 Å². The molecule has 0 bridgehead atoms. The van der Waals surface area contributed by atoms with Crippen molar-refractivity contribution in [2.24, 2.45) is 5.92 Å². The number of halogens is 2. The highest BCUT2D eigenvalue weighted by molar-refractivity contribution is 6.35. The lowest BCUT2D eigenvalue weighted by Gasteiger charge is -2.20. The Morgan fingerprint density at radius 3 is 2.55 bits per heavy atom. The summed E-state index contributed by atoms with van der Waals surface area (Å²) in [4.78, 5) is 24.5. The molecule has 1 N–H and O–H groups in total. The molecule has 6 heteroatoms. The third-order valence-corrected chi connectivity index (χ3v) is 3.80. The maximum Gasteiger partial charge on any atom is 0.323 e. The summed E-state index contributed by atoms with van der Waals surface area (Å²) in [5.41, 5.74) is 0.659. The van der Waals surface area contributed by atoms with Gasteiger partial charge in [-0.1, -0.05) is 29.3 Å². The third kappa shape index (κ3) is 4.39. The number of nitrogens with zero attached hydrogens (tertiary/aromatic N) is 1. The van der Waals surface area contributed by atoms with Crippen molar-refractivity contribution in [3.63, 3.8) is 0 Å². The summed E-state index contributed by atoms with van der Waals surface area (Å²) in [6, 6.07) is 4.94. The molecule has 0 unspecified atom stereocenters. The van der Waals surface area contributed by atoms with E-state index in [1.165, 1.54) is 4.90 Å². The maximum atomic E-state index is 12.2. The van der Waals surface area contributed by atoms with Gasteiger partial charge in [0, 0.05) is 16.6 Å². The van der Waals surface area contributed by atoms with Gasteiger partial charge < -0.3 is 10.0 Å². The number of carbonyl (C=O) groups excluding carboxylic acids is 1. The molecular weight excluding hydrogens is 301 g/mol. The first-order valence-corrected chi connectivity index (χ1v) is 7.15. The van der Waals surface area contributed by atoms with E-state index >= 15 is 0 Å².